The fourth-order valence-electron chi connectivity index (χ4n) is 5.05. The normalized spacial score (nSPS) is 16.7. The van der Waals surface area contributed by atoms with Crippen LogP contribution in [0.4, 0.5) is 5.69 Å². The number of aromatic nitrogens is 3. The summed E-state index contributed by atoms with van der Waals surface area (Å²) in [6.07, 6.45) is 1.85. The number of amides is 2. The Kier molecular flexibility index (Phi) is 6.17. The number of carbonyl (C=O) groups excluding carboxylic acids is 2. The van der Waals surface area contributed by atoms with Crippen molar-refractivity contribution in [2.45, 2.75) is 13.8 Å². The van der Waals surface area contributed by atoms with E-state index in [9.17, 15) is 9.59 Å². The van der Waals surface area contributed by atoms with Crippen LogP contribution in [0.3, 0.4) is 0 Å². The molecule has 2 aliphatic heterocycles. The Balaban J connectivity index is 1.32. The first-order valence-electron chi connectivity index (χ1n) is 12.6. The average molecular weight is 525 g/mol. The van der Waals surface area contributed by atoms with Gasteiger partial charge in [0.05, 0.1) is 11.1 Å². The van der Waals surface area contributed by atoms with Gasteiger partial charge in [-0.15, -0.1) is 10.2 Å². The van der Waals surface area contributed by atoms with Crippen LogP contribution in [0.2, 0.25) is 0 Å². The van der Waals surface area contributed by atoms with Crippen molar-refractivity contribution in [2.24, 2.45) is 0 Å². The highest BCUT2D eigenvalue weighted by atomic mass is 32.1. The van der Waals surface area contributed by atoms with E-state index in [1.807, 2.05) is 73.4 Å². The van der Waals surface area contributed by atoms with Crippen molar-refractivity contribution in [3.63, 3.8) is 0 Å². The second-order valence-corrected chi connectivity index (χ2v) is 10.8. The van der Waals surface area contributed by atoms with Gasteiger partial charge in [0.2, 0.25) is 0 Å². The Morgan fingerprint density at radius 2 is 1.68 bits per heavy atom. The van der Waals surface area contributed by atoms with Gasteiger partial charge in [-0.1, -0.05) is 41.7 Å². The number of hydrogen-bond donors (Lipinski definition) is 2. The van der Waals surface area contributed by atoms with E-state index in [-0.39, 0.29) is 11.8 Å². The minimum atomic E-state index is -0.169. The molecule has 0 atom stereocenters. The number of aromatic amines is 1. The Labute approximate surface area is 225 Å². The maximum absolute atomic E-state index is 13.3. The third kappa shape index (κ3) is 4.33. The summed E-state index contributed by atoms with van der Waals surface area (Å²) in [4.78, 5) is 33.8. The van der Waals surface area contributed by atoms with Crippen molar-refractivity contribution in [1.82, 2.24) is 25.0 Å². The van der Waals surface area contributed by atoms with Gasteiger partial charge in [0, 0.05) is 59.9 Å². The number of benzene rings is 2. The summed E-state index contributed by atoms with van der Waals surface area (Å²) in [5.41, 5.74) is 7.17. The number of piperazine rings is 1. The van der Waals surface area contributed by atoms with Crippen molar-refractivity contribution in [3.8, 4) is 21.1 Å². The molecule has 9 heteroatoms. The molecule has 6 rings (SSSR count). The molecule has 192 valence electrons. The van der Waals surface area contributed by atoms with Gasteiger partial charge in [-0.25, -0.2) is 0 Å². The molecule has 0 radical (unpaired) electrons. The molecule has 2 N–H and O–H groups in total. The maximum Gasteiger partial charge on any atom is 0.256 e. The van der Waals surface area contributed by atoms with E-state index in [1.165, 1.54) is 11.3 Å². The second kappa shape index (κ2) is 9.66. The fourth-order valence-corrected chi connectivity index (χ4v) is 5.90. The van der Waals surface area contributed by atoms with Crippen LogP contribution in [0.5, 0.6) is 0 Å². The first-order valence-corrected chi connectivity index (χ1v) is 13.4. The fraction of sp³-hybridized carbons (Fsp3) is 0.241. The summed E-state index contributed by atoms with van der Waals surface area (Å²) in [5, 5.41) is 13.4. The molecule has 0 bridgehead atoms. The molecule has 2 aliphatic rings. The number of fused-ring (bicyclic) bond motifs is 1. The van der Waals surface area contributed by atoms with Crippen LogP contribution < -0.4 is 5.32 Å². The lowest BCUT2D eigenvalue weighted by Crippen LogP contribution is -2.47. The topological polar surface area (TPSA) is 94.2 Å². The Morgan fingerprint density at radius 3 is 2.42 bits per heavy atom. The van der Waals surface area contributed by atoms with Crippen molar-refractivity contribution >= 4 is 40.5 Å². The second-order valence-electron chi connectivity index (χ2n) is 9.81. The van der Waals surface area contributed by atoms with E-state index < -0.39 is 0 Å². The van der Waals surface area contributed by atoms with Gasteiger partial charge < -0.3 is 20.1 Å². The van der Waals surface area contributed by atoms with Crippen LogP contribution in [-0.2, 0) is 4.79 Å². The van der Waals surface area contributed by atoms with Crippen LogP contribution in [-0.4, -0.2) is 70.0 Å². The van der Waals surface area contributed by atoms with Crippen molar-refractivity contribution in [2.75, 3.05) is 38.5 Å². The van der Waals surface area contributed by atoms with E-state index in [4.69, 9.17) is 0 Å². The Bertz CT molecular complexity index is 1580. The third-order valence-corrected chi connectivity index (χ3v) is 8.29. The van der Waals surface area contributed by atoms with Crippen LogP contribution in [0.25, 0.3) is 32.8 Å². The number of nitrogens with one attached hydrogen (secondary N) is 2. The third-order valence-electron chi connectivity index (χ3n) is 7.26. The van der Waals surface area contributed by atoms with Crippen LogP contribution in [0.15, 0.2) is 48.5 Å². The zero-order valence-corrected chi connectivity index (χ0v) is 22.4. The first-order chi connectivity index (χ1) is 18.4. The molecule has 0 aliphatic carbocycles. The van der Waals surface area contributed by atoms with E-state index in [0.29, 0.717) is 24.2 Å². The standard InChI is InChI=1S/C29H28N6O2S/c1-17-24(30-18(2)25(17)29(37)35-13-11-34(3)12-14-35)16-22-21-15-20(9-10-23(21)31-26(22)36)28-33-32-27(38-28)19-7-5-4-6-8-19/h4-10,15-16,30H,11-14H2,1-3H3,(H,31,36). The molecule has 1 fully saturated rings. The van der Waals surface area contributed by atoms with Gasteiger partial charge in [0.15, 0.2) is 0 Å². The van der Waals surface area contributed by atoms with Crippen molar-refractivity contribution in [1.29, 1.82) is 0 Å². The lowest BCUT2D eigenvalue weighted by Gasteiger charge is -2.32. The largest absolute Gasteiger partial charge is 0.358 e. The van der Waals surface area contributed by atoms with E-state index >= 15 is 0 Å². The van der Waals surface area contributed by atoms with E-state index in [2.05, 4.69) is 32.4 Å². The molecular weight excluding hydrogens is 496 g/mol. The predicted octanol–water partition coefficient (Wildman–Crippen LogP) is 4.70. The van der Waals surface area contributed by atoms with Gasteiger partial charge in [0.25, 0.3) is 11.8 Å². The monoisotopic (exact) mass is 524 g/mol. The zero-order chi connectivity index (χ0) is 26.4. The number of anilines is 1. The highest BCUT2D eigenvalue weighted by molar-refractivity contribution is 7.17. The lowest BCUT2D eigenvalue weighted by molar-refractivity contribution is -0.110. The molecule has 2 aromatic carbocycles. The van der Waals surface area contributed by atoms with Crippen LogP contribution in [0, 0.1) is 13.8 Å². The van der Waals surface area contributed by atoms with Gasteiger partial charge >= 0.3 is 0 Å². The maximum atomic E-state index is 13.3. The smallest absolute Gasteiger partial charge is 0.256 e. The molecule has 1 saturated heterocycles. The number of rotatable bonds is 4. The Hall–Kier alpha value is -4.08. The molecule has 2 aromatic heterocycles. The summed E-state index contributed by atoms with van der Waals surface area (Å²) in [5.74, 6) is -0.129. The molecule has 8 nitrogen and oxygen atoms in total. The molecule has 38 heavy (non-hydrogen) atoms. The minimum absolute atomic E-state index is 0.0399. The number of carbonyl (C=O) groups is 2. The summed E-state index contributed by atoms with van der Waals surface area (Å²) in [7, 11) is 2.07. The first kappa shape index (κ1) is 24.3. The van der Waals surface area contributed by atoms with Crippen LogP contribution >= 0.6 is 11.3 Å². The summed E-state index contributed by atoms with van der Waals surface area (Å²) in [6.45, 7) is 7.02. The van der Waals surface area contributed by atoms with Crippen LogP contribution in [0.1, 0.15) is 32.9 Å². The predicted molar refractivity (Wildman–Crippen MR) is 151 cm³/mol. The average Bonchev–Trinajstić information content (AvgIpc) is 3.61. The molecule has 0 saturated carbocycles. The molecule has 4 aromatic rings. The number of H-pyrrole nitrogens is 1. The molecular formula is C29H28N6O2S. The highest BCUT2D eigenvalue weighted by Gasteiger charge is 2.28. The van der Waals surface area contributed by atoms with Crippen molar-refractivity contribution < 1.29 is 9.59 Å². The quantitative estimate of drug-likeness (QED) is 0.378. The van der Waals surface area contributed by atoms with E-state index in [1.54, 1.807) is 0 Å². The number of likely N-dealkylation sites (N-methyl/N-ethyl adjacent to an activating group) is 1. The Morgan fingerprint density at radius 1 is 0.974 bits per heavy atom. The van der Waals surface area contributed by atoms with Crippen molar-refractivity contribution in [3.05, 3.63) is 76.6 Å². The van der Waals surface area contributed by atoms with Gasteiger partial charge in [-0.2, -0.15) is 0 Å². The number of hydrogen-bond acceptors (Lipinski definition) is 6. The highest BCUT2D eigenvalue weighted by Crippen LogP contribution is 2.38. The SMILES string of the molecule is Cc1[nH]c(C=C2C(=O)Nc3ccc(-c4nnc(-c5ccccc5)s4)cc32)c(C)c1C(=O)N1CCN(C)CC1. The molecule has 2 amide bonds. The molecule has 0 spiro atoms. The molecule has 4 heterocycles. The summed E-state index contributed by atoms with van der Waals surface area (Å²) in [6, 6.07) is 15.8. The number of nitrogens with zero attached hydrogens (tertiary/aromatic N) is 4. The summed E-state index contributed by atoms with van der Waals surface area (Å²) < 4.78 is 0. The van der Waals surface area contributed by atoms with Gasteiger partial charge in [-0.05, 0) is 50.7 Å². The molecule has 0 unspecified atom stereocenters. The summed E-state index contributed by atoms with van der Waals surface area (Å²) >= 11 is 1.52. The zero-order valence-electron chi connectivity index (χ0n) is 21.5. The number of aryl methyl sites for hydroxylation is 1. The van der Waals surface area contributed by atoms with Gasteiger partial charge in [0.1, 0.15) is 10.0 Å². The van der Waals surface area contributed by atoms with E-state index in [0.717, 1.165) is 62.4 Å². The minimum Gasteiger partial charge on any atom is -0.358 e. The van der Waals surface area contributed by atoms with Gasteiger partial charge in [-0.3, -0.25) is 9.59 Å². The lowest BCUT2D eigenvalue weighted by atomic mass is 10.0.